The summed E-state index contributed by atoms with van der Waals surface area (Å²) in [7, 11) is 0. The first-order valence-corrected chi connectivity index (χ1v) is 7.78. The van der Waals surface area contributed by atoms with Gasteiger partial charge < -0.3 is 10.2 Å². The van der Waals surface area contributed by atoms with Crippen molar-refractivity contribution in [2.24, 2.45) is 0 Å². The Morgan fingerprint density at radius 3 is 2.84 bits per heavy atom. The highest BCUT2D eigenvalue weighted by Gasteiger charge is 2.39. The Hall–Kier alpha value is -0.940. The van der Waals surface area contributed by atoms with Crippen molar-refractivity contribution in [3.05, 3.63) is 16.6 Å². The van der Waals surface area contributed by atoms with Gasteiger partial charge in [-0.1, -0.05) is 13.8 Å². The number of piperidine rings is 1. The zero-order valence-electron chi connectivity index (χ0n) is 12.1. The highest BCUT2D eigenvalue weighted by molar-refractivity contribution is 7.09. The van der Waals surface area contributed by atoms with E-state index < -0.39 is 0 Å². The van der Waals surface area contributed by atoms with Gasteiger partial charge in [0.2, 0.25) is 5.91 Å². The lowest BCUT2D eigenvalue weighted by Crippen LogP contribution is -2.57. The maximum Gasteiger partial charge on any atom is 0.240 e. The molecule has 1 aromatic rings. The molecule has 0 aromatic carbocycles. The molecule has 1 aromatic heterocycles. The van der Waals surface area contributed by atoms with Crippen molar-refractivity contribution in [2.75, 3.05) is 6.54 Å². The molecule has 0 aliphatic carbocycles. The smallest absolute Gasteiger partial charge is 0.240 e. The summed E-state index contributed by atoms with van der Waals surface area (Å²) in [6, 6.07) is 0.282. The first-order valence-electron chi connectivity index (χ1n) is 6.90. The monoisotopic (exact) mass is 281 g/mol. The van der Waals surface area contributed by atoms with Crippen molar-refractivity contribution in [3.8, 4) is 0 Å². The number of hydrogen-bond acceptors (Lipinski definition) is 4. The van der Waals surface area contributed by atoms with Crippen LogP contribution in [-0.2, 0) is 10.3 Å². The Morgan fingerprint density at radius 2 is 2.26 bits per heavy atom. The van der Waals surface area contributed by atoms with Crippen LogP contribution in [0.2, 0.25) is 0 Å². The number of carbonyl (C=O) groups excluding carboxylic acids is 1. The van der Waals surface area contributed by atoms with Gasteiger partial charge in [0.05, 0.1) is 11.6 Å². The van der Waals surface area contributed by atoms with E-state index in [1.54, 1.807) is 17.5 Å². The van der Waals surface area contributed by atoms with Gasteiger partial charge >= 0.3 is 0 Å². The summed E-state index contributed by atoms with van der Waals surface area (Å²) in [5.74, 6) is 0.208. The molecule has 2 heterocycles. The van der Waals surface area contributed by atoms with Crippen LogP contribution in [0.25, 0.3) is 0 Å². The van der Waals surface area contributed by atoms with E-state index in [-0.39, 0.29) is 17.5 Å². The Balaban J connectivity index is 2.17. The first kappa shape index (κ1) is 14.5. The molecule has 1 aliphatic heterocycles. The van der Waals surface area contributed by atoms with Gasteiger partial charge in [-0.3, -0.25) is 4.79 Å². The summed E-state index contributed by atoms with van der Waals surface area (Å²) in [6.07, 6.45) is 3.78. The van der Waals surface area contributed by atoms with Gasteiger partial charge in [-0.05, 0) is 26.7 Å². The lowest BCUT2D eigenvalue weighted by atomic mass is 9.96. The molecule has 0 radical (unpaired) electrons. The van der Waals surface area contributed by atoms with Gasteiger partial charge in [-0.15, -0.1) is 11.3 Å². The minimum absolute atomic E-state index is 0.0482. The Bertz CT molecular complexity index is 428. The SMILES string of the molecule is CC(C)NC1CCCN(C(C)(C)c2nccs2)C1=O. The average Bonchev–Trinajstić information content (AvgIpc) is 2.85. The Kier molecular flexibility index (Phi) is 4.26. The second kappa shape index (κ2) is 5.59. The minimum Gasteiger partial charge on any atom is -0.330 e. The molecule has 1 unspecified atom stereocenters. The highest BCUT2D eigenvalue weighted by Crippen LogP contribution is 2.32. The summed E-state index contributed by atoms with van der Waals surface area (Å²) in [5.41, 5.74) is -0.317. The molecule has 0 saturated carbocycles. The van der Waals surface area contributed by atoms with Crippen molar-refractivity contribution in [1.29, 1.82) is 0 Å². The normalized spacial score (nSPS) is 21.2. The van der Waals surface area contributed by atoms with E-state index in [2.05, 4.69) is 38.0 Å². The maximum atomic E-state index is 12.6. The number of aromatic nitrogens is 1. The van der Waals surface area contributed by atoms with Crippen LogP contribution < -0.4 is 5.32 Å². The third-order valence-corrected chi connectivity index (χ3v) is 4.69. The molecule has 1 amide bonds. The highest BCUT2D eigenvalue weighted by atomic mass is 32.1. The molecule has 1 aliphatic rings. The molecule has 1 N–H and O–H groups in total. The number of thiazole rings is 1. The molecule has 0 spiro atoms. The van der Waals surface area contributed by atoms with Gasteiger partial charge in [-0.2, -0.15) is 0 Å². The lowest BCUT2D eigenvalue weighted by molar-refractivity contribution is -0.142. The number of nitrogens with one attached hydrogen (secondary N) is 1. The van der Waals surface area contributed by atoms with E-state index in [9.17, 15) is 4.79 Å². The standard InChI is InChI=1S/C14H23N3OS/c1-10(2)16-11-6-5-8-17(12(11)18)14(3,4)13-15-7-9-19-13/h7,9-11,16H,5-6,8H2,1-4H3. The van der Waals surface area contributed by atoms with Crippen LogP contribution in [0, 0.1) is 0 Å². The molecule has 0 bridgehead atoms. The maximum absolute atomic E-state index is 12.6. The van der Waals surface area contributed by atoms with Crippen LogP contribution in [0.15, 0.2) is 11.6 Å². The van der Waals surface area contributed by atoms with Crippen LogP contribution in [0.5, 0.6) is 0 Å². The molecule has 1 atom stereocenters. The van der Waals surface area contributed by atoms with Gasteiger partial charge in [-0.25, -0.2) is 4.98 Å². The molecule has 19 heavy (non-hydrogen) atoms. The molecule has 5 heteroatoms. The zero-order valence-corrected chi connectivity index (χ0v) is 13.0. The second-order valence-corrected chi connectivity index (χ2v) is 6.80. The van der Waals surface area contributed by atoms with Crippen molar-refractivity contribution in [2.45, 2.75) is 58.2 Å². The van der Waals surface area contributed by atoms with Crippen LogP contribution in [0.4, 0.5) is 0 Å². The second-order valence-electron chi connectivity index (χ2n) is 5.90. The first-order chi connectivity index (χ1) is 8.93. The number of hydrogen-bond donors (Lipinski definition) is 1. The lowest BCUT2D eigenvalue weighted by Gasteiger charge is -2.42. The summed E-state index contributed by atoms with van der Waals surface area (Å²) < 4.78 is 0. The summed E-state index contributed by atoms with van der Waals surface area (Å²) in [5, 5.41) is 6.34. The van der Waals surface area contributed by atoms with Crippen LogP contribution in [0.3, 0.4) is 0 Å². The van der Waals surface area contributed by atoms with E-state index in [0.717, 1.165) is 24.4 Å². The van der Waals surface area contributed by atoms with E-state index in [1.165, 1.54) is 0 Å². The molecule has 1 fully saturated rings. The third kappa shape index (κ3) is 2.98. The van der Waals surface area contributed by atoms with Gasteiger partial charge in [0, 0.05) is 24.2 Å². The number of carbonyl (C=O) groups is 1. The number of amides is 1. The van der Waals surface area contributed by atoms with Gasteiger partial charge in [0.1, 0.15) is 5.01 Å². The predicted molar refractivity (Wildman–Crippen MR) is 78.1 cm³/mol. The van der Waals surface area contributed by atoms with E-state index >= 15 is 0 Å². The molecule has 1 saturated heterocycles. The van der Waals surface area contributed by atoms with E-state index in [1.807, 2.05) is 10.3 Å². The number of likely N-dealkylation sites (tertiary alicyclic amines) is 1. The summed E-state index contributed by atoms with van der Waals surface area (Å²) in [4.78, 5) is 19.0. The largest absolute Gasteiger partial charge is 0.330 e. The summed E-state index contributed by atoms with van der Waals surface area (Å²) in [6.45, 7) is 9.15. The van der Waals surface area contributed by atoms with Crippen LogP contribution >= 0.6 is 11.3 Å². The summed E-state index contributed by atoms with van der Waals surface area (Å²) >= 11 is 1.62. The Morgan fingerprint density at radius 1 is 1.53 bits per heavy atom. The quantitative estimate of drug-likeness (QED) is 0.921. The van der Waals surface area contributed by atoms with Crippen molar-refractivity contribution in [1.82, 2.24) is 15.2 Å². The van der Waals surface area contributed by atoms with Gasteiger partial charge in [0.15, 0.2) is 0 Å². The van der Waals surface area contributed by atoms with Crippen molar-refractivity contribution >= 4 is 17.2 Å². The van der Waals surface area contributed by atoms with Gasteiger partial charge in [0.25, 0.3) is 0 Å². The molecule has 2 rings (SSSR count). The fraction of sp³-hybridized carbons (Fsp3) is 0.714. The minimum atomic E-state index is -0.317. The van der Waals surface area contributed by atoms with Crippen LogP contribution in [0.1, 0.15) is 45.5 Å². The fourth-order valence-electron chi connectivity index (χ4n) is 2.63. The zero-order chi connectivity index (χ0) is 14.0. The fourth-order valence-corrected chi connectivity index (χ4v) is 3.40. The molecule has 4 nitrogen and oxygen atoms in total. The van der Waals surface area contributed by atoms with E-state index in [4.69, 9.17) is 0 Å². The molecular weight excluding hydrogens is 258 g/mol. The molecule has 106 valence electrons. The van der Waals surface area contributed by atoms with Crippen molar-refractivity contribution < 1.29 is 4.79 Å². The predicted octanol–water partition coefficient (Wildman–Crippen LogP) is 2.37. The number of nitrogens with zero attached hydrogens (tertiary/aromatic N) is 2. The van der Waals surface area contributed by atoms with Crippen molar-refractivity contribution in [3.63, 3.8) is 0 Å². The average molecular weight is 281 g/mol. The van der Waals surface area contributed by atoms with Crippen LogP contribution in [-0.4, -0.2) is 34.4 Å². The van der Waals surface area contributed by atoms with E-state index in [0.29, 0.717) is 6.04 Å². The molecular formula is C14H23N3OS. The topological polar surface area (TPSA) is 45.2 Å². The third-order valence-electron chi connectivity index (χ3n) is 3.60. The number of rotatable bonds is 4. The Labute approximate surface area is 119 Å².